The number of aliphatic hydroxyl groups is 1. The molecule has 2 unspecified atom stereocenters. The van der Waals surface area contributed by atoms with Crippen molar-refractivity contribution in [2.24, 2.45) is 0 Å². The van der Waals surface area contributed by atoms with E-state index in [0.717, 1.165) is 5.56 Å². The molecule has 2 atom stereocenters. The van der Waals surface area contributed by atoms with E-state index in [9.17, 15) is 29.3 Å². The smallest absolute Gasteiger partial charge is 0.319 e. The lowest BCUT2D eigenvalue weighted by Gasteiger charge is -2.40. The largest absolute Gasteiger partial charge is 0.390 e. The molecule has 2 amide bonds. The van der Waals surface area contributed by atoms with Crippen molar-refractivity contribution in [3.8, 4) is 0 Å². The van der Waals surface area contributed by atoms with Crippen molar-refractivity contribution in [3.05, 3.63) is 58.6 Å². The number of aliphatic hydroxyl groups excluding tert-OH is 1. The fourth-order valence-corrected chi connectivity index (χ4v) is 3.72. The number of benzene rings is 2. The lowest BCUT2D eigenvalue weighted by molar-refractivity contribution is 0.144. The number of hydrogen-bond donors (Lipinski definition) is 3. The van der Waals surface area contributed by atoms with E-state index in [1.807, 2.05) is 5.32 Å². The molecule has 3 rings (SSSR count). The number of amides is 2. The van der Waals surface area contributed by atoms with Gasteiger partial charge in [-0.05, 0) is 29.3 Å². The van der Waals surface area contributed by atoms with Crippen LogP contribution in [0.15, 0.2) is 47.4 Å². The first-order valence-corrected chi connectivity index (χ1v) is 9.94. The van der Waals surface area contributed by atoms with Gasteiger partial charge in [-0.15, -0.1) is 0 Å². The molecule has 0 aromatic heterocycles. The minimum atomic E-state index is -9.92. The third kappa shape index (κ3) is 4.28. The summed E-state index contributed by atoms with van der Waals surface area (Å²) in [6, 6.07) is 6.02. The number of carbonyl (C=O) groups is 1. The maximum Gasteiger partial charge on any atom is 0.319 e. The molecule has 0 heterocycles. The van der Waals surface area contributed by atoms with Crippen molar-refractivity contribution in [1.29, 1.82) is 0 Å². The maximum atomic E-state index is 12.9. The van der Waals surface area contributed by atoms with Crippen LogP contribution in [0.2, 0.25) is 5.02 Å². The Balaban J connectivity index is 1.81. The molecular weight excluding hydrogens is 415 g/mol. The van der Waals surface area contributed by atoms with E-state index >= 15 is 0 Å². The Labute approximate surface area is 156 Å². The van der Waals surface area contributed by atoms with Gasteiger partial charge in [-0.1, -0.05) is 55.3 Å². The number of nitrogens with one attached hydrogen (secondary N) is 2. The summed E-state index contributed by atoms with van der Waals surface area (Å²) in [5.74, 6) is 0. The summed E-state index contributed by atoms with van der Waals surface area (Å²) >= 11 is 5.72. The second-order valence-electron chi connectivity index (χ2n) is 6.16. The second-order valence-corrected chi connectivity index (χ2v) is 8.97. The van der Waals surface area contributed by atoms with Crippen LogP contribution in [-0.2, 0) is 6.42 Å². The summed E-state index contributed by atoms with van der Waals surface area (Å²) in [6.45, 7) is 0. The Morgan fingerprint density at radius 1 is 1.11 bits per heavy atom. The summed E-state index contributed by atoms with van der Waals surface area (Å²) < 4.78 is 64.7. The lowest BCUT2D eigenvalue weighted by Crippen LogP contribution is -2.36. The van der Waals surface area contributed by atoms with E-state index in [4.69, 9.17) is 11.6 Å². The summed E-state index contributed by atoms with van der Waals surface area (Å²) in [4.78, 5) is 9.98. The van der Waals surface area contributed by atoms with Crippen LogP contribution in [0.4, 0.5) is 29.9 Å². The Bertz CT molecular complexity index is 923. The van der Waals surface area contributed by atoms with Crippen LogP contribution in [-0.4, -0.2) is 17.2 Å². The quantitative estimate of drug-likeness (QED) is 0.543. The van der Waals surface area contributed by atoms with Crippen LogP contribution in [0, 0.1) is 0 Å². The molecule has 4 nitrogen and oxygen atoms in total. The summed E-state index contributed by atoms with van der Waals surface area (Å²) in [5, 5.41) is 14.2. The van der Waals surface area contributed by atoms with Gasteiger partial charge in [0.15, 0.2) is 0 Å². The van der Waals surface area contributed by atoms with E-state index in [2.05, 4.69) is 5.32 Å². The SMILES string of the molecule is O=C(Nc1cc(S(F)(F)(F)(F)F)ccc1Cl)NC1c2ccccc2CC1O. The number of fused-ring (bicyclic) bond motifs is 1. The maximum absolute atomic E-state index is 12.9. The van der Waals surface area contributed by atoms with Crippen molar-refractivity contribution < 1.29 is 29.3 Å². The number of rotatable bonds is 3. The molecule has 1 aliphatic rings. The van der Waals surface area contributed by atoms with Crippen molar-refractivity contribution in [3.63, 3.8) is 0 Å². The average Bonchev–Trinajstić information content (AvgIpc) is 2.83. The zero-order valence-electron chi connectivity index (χ0n) is 13.4. The highest BCUT2D eigenvalue weighted by atomic mass is 35.5. The predicted octanol–water partition coefficient (Wildman–Crippen LogP) is 5.78. The fraction of sp³-hybridized carbons (Fsp3) is 0.188. The van der Waals surface area contributed by atoms with E-state index in [1.54, 1.807) is 24.3 Å². The van der Waals surface area contributed by atoms with Gasteiger partial charge >= 0.3 is 16.3 Å². The third-order valence-electron chi connectivity index (χ3n) is 4.12. The molecule has 0 spiro atoms. The molecule has 3 N–H and O–H groups in total. The fourth-order valence-electron chi connectivity index (χ4n) is 2.89. The van der Waals surface area contributed by atoms with Gasteiger partial charge in [0.25, 0.3) is 0 Å². The van der Waals surface area contributed by atoms with Gasteiger partial charge in [0.05, 0.1) is 22.9 Å². The van der Waals surface area contributed by atoms with E-state index in [-0.39, 0.29) is 17.2 Å². The number of urea groups is 1. The van der Waals surface area contributed by atoms with Gasteiger partial charge in [-0.2, -0.15) is 0 Å². The average molecular weight is 429 g/mol. The van der Waals surface area contributed by atoms with Crippen LogP contribution in [0.3, 0.4) is 0 Å². The summed E-state index contributed by atoms with van der Waals surface area (Å²) in [6.07, 6.45) is -0.638. The summed E-state index contributed by atoms with van der Waals surface area (Å²) in [5.41, 5.74) is 0.851. The van der Waals surface area contributed by atoms with Crippen LogP contribution in [0.1, 0.15) is 17.2 Å². The van der Waals surface area contributed by atoms with Gasteiger partial charge in [0, 0.05) is 6.42 Å². The van der Waals surface area contributed by atoms with Crippen molar-refractivity contribution in [2.75, 3.05) is 5.32 Å². The molecule has 0 saturated heterocycles. The monoisotopic (exact) mass is 428 g/mol. The van der Waals surface area contributed by atoms with Gasteiger partial charge in [-0.25, -0.2) is 4.79 Å². The van der Waals surface area contributed by atoms with Crippen molar-refractivity contribution in [1.82, 2.24) is 5.32 Å². The van der Waals surface area contributed by atoms with E-state index in [0.29, 0.717) is 18.1 Å². The predicted molar refractivity (Wildman–Crippen MR) is 93.9 cm³/mol. The zero-order valence-corrected chi connectivity index (χ0v) is 15.0. The molecule has 0 aliphatic heterocycles. The summed E-state index contributed by atoms with van der Waals surface area (Å²) in [7, 11) is -9.92. The topological polar surface area (TPSA) is 61.4 Å². The van der Waals surface area contributed by atoms with Crippen LogP contribution in [0.25, 0.3) is 0 Å². The lowest BCUT2D eigenvalue weighted by atomic mass is 10.1. The van der Waals surface area contributed by atoms with Crippen molar-refractivity contribution >= 4 is 33.5 Å². The van der Waals surface area contributed by atoms with Gasteiger partial charge in [0.1, 0.15) is 4.90 Å². The third-order valence-corrected chi connectivity index (χ3v) is 5.60. The first-order valence-electron chi connectivity index (χ1n) is 7.61. The second kappa shape index (κ2) is 5.73. The minimum Gasteiger partial charge on any atom is -0.390 e. The molecule has 1 aliphatic carbocycles. The Kier molecular flexibility index (Phi) is 4.18. The molecular formula is C16H14ClF5N2O2S. The van der Waals surface area contributed by atoms with Crippen LogP contribution >= 0.6 is 21.8 Å². The first kappa shape index (κ1) is 19.7. The molecule has 0 radical (unpaired) electrons. The molecule has 0 saturated carbocycles. The number of carbonyl (C=O) groups excluding carboxylic acids is 1. The molecule has 148 valence electrons. The van der Waals surface area contributed by atoms with Crippen molar-refractivity contribution in [2.45, 2.75) is 23.5 Å². The highest BCUT2D eigenvalue weighted by Crippen LogP contribution is 3.02. The van der Waals surface area contributed by atoms with Crippen LogP contribution in [0.5, 0.6) is 0 Å². The molecule has 27 heavy (non-hydrogen) atoms. The molecule has 11 heteroatoms. The molecule has 2 aromatic rings. The highest BCUT2D eigenvalue weighted by molar-refractivity contribution is 8.45. The first-order chi connectivity index (χ1) is 12.2. The normalized spacial score (nSPS) is 21.7. The standard InChI is InChI=1S/C16H14ClF5N2O2S/c17-12-6-5-10(27(18,19,20,21)22)8-13(12)23-16(26)24-15-11-4-2-1-3-9(11)7-14(15)25/h1-6,8,14-15,25H,7H2,(H2,23,24,26). The van der Waals surface area contributed by atoms with Gasteiger partial charge in [0.2, 0.25) is 0 Å². The van der Waals surface area contributed by atoms with E-state index < -0.39 is 39.0 Å². The molecule has 0 bridgehead atoms. The van der Waals surface area contributed by atoms with Gasteiger partial charge < -0.3 is 15.7 Å². The Morgan fingerprint density at radius 3 is 2.44 bits per heavy atom. The Hall–Kier alpha value is -2.04. The number of anilines is 1. The highest BCUT2D eigenvalue weighted by Gasteiger charge is 2.65. The van der Waals surface area contributed by atoms with Gasteiger partial charge in [-0.3, -0.25) is 0 Å². The Morgan fingerprint density at radius 2 is 1.78 bits per heavy atom. The molecule has 2 aromatic carbocycles. The molecule has 0 fully saturated rings. The number of halogens is 6. The van der Waals surface area contributed by atoms with E-state index in [1.165, 1.54) is 0 Å². The van der Waals surface area contributed by atoms with Crippen LogP contribution < -0.4 is 10.6 Å². The number of hydrogen-bond acceptors (Lipinski definition) is 2. The zero-order chi connectivity index (χ0) is 20.1. The minimum absolute atomic E-state index is 0.0858.